The average Bonchev–Trinajstić information content (AvgIpc) is 2.55. The van der Waals surface area contributed by atoms with Crippen LogP contribution < -0.4 is 5.32 Å². The molecule has 0 aromatic carbocycles. The standard InChI is InChI=1S/C13H25N3OS/c1-13(2)11-15(8-9-18-13)10-12(17)16-6-3-4-14-5-7-16/h14H,3-11H2,1-2H3. The van der Waals surface area contributed by atoms with Crippen LogP contribution in [0.4, 0.5) is 0 Å². The van der Waals surface area contributed by atoms with Crippen LogP contribution in [0, 0.1) is 0 Å². The molecule has 2 rings (SSSR count). The molecule has 2 fully saturated rings. The van der Waals surface area contributed by atoms with E-state index in [1.165, 1.54) is 0 Å². The van der Waals surface area contributed by atoms with E-state index in [-0.39, 0.29) is 0 Å². The molecule has 0 radical (unpaired) electrons. The van der Waals surface area contributed by atoms with Gasteiger partial charge in [0.25, 0.3) is 0 Å². The maximum atomic E-state index is 12.3. The van der Waals surface area contributed by atoms with E-state index in [4.69, 9.17) is 0 Å². The zero-order chi connectivity index (χ0) is 13.0. The number of nitrogens with one attached hydrogen (secondary N) is 1. The van der Waals surface area contributed by atoms with Crippen molar-refractivity contribution in [2.45, 2.75) is 25.0 Å². The highest BCUT2D eigenvalue weighted by Gasteiger charge is 2.29. The summed E-state index contributed by atoms with van der Waals surface area (Å²) < 4.78 is 0.291. The summed E-state index contributed by atoms with van der Waals surface area (Å²) in [4.78, 5) is 16.6. The van der Waals surface area contributed by atoms with Crippen molar-refractivity contribution in [1.29, 1.82) is 0 Å². The van der Waals surface area contributed by atoms with Crippen molar-refractivity contribution < 1.29 is 4.79 Å². The van der Waals surface area contributed by atoms with Crippen molar-refractivity contribution in [2.75, 3.05) is 51.6 Å². The summed E-state index contributed by atoms with van der Waals surface area (Å²) in [6.07, 6.45) is 1.08. The molecular weight excluding hydrogens is 246 g/mol. The number of amides is 1. The Bertz CT molecular complexity index is 288. The number of carbonyl (C=O) groups is 1. The monoisotopic (exact) mass is 271 g/mol. The highest BCUT2D eigenvalue weighted by Crippen LogP contribution is 2.29. The van der Waals surface area contributed by atoms with E-state index < -0.39 is 0 Å². The molecule has 0 aromatic rings. The predicted molar refractivity (Wildman–Crippen MR) is 77.0 cm³/mol. The third-order valence-corrected chi connectivity index (χ3v) is 4.85. The summed E-state index contributed by atoms with van der Waals surface area (Å²) in [5.41, 5.74) is 0. The Kier molecular flexibility index (Phi) is 4.92. The van der Waals surface area contributed by atoms with Gasteiger partial charge >= 0.3 is 0 Å². The zero-order valence-corrected chi connectivity index (χ0v) is 12.4. The van der Waals surface area contributed by atoms with Gasteiger partial charge in [-0.3, -0.25) is 9.69 Å². The Hall–Kier alpha value is -0.260. The molecule has 18 heavy (non-hydrogen) atoms. The molecule has 0 aromatic heterocycles. The van der Waals surface area contributed by atoms with Crippen molar-refractivity contribution in [2.24, 2.45) is 0 Å². The third kappa shape index (κ3) is 4.14. The Morgan fingerprint density at radius 1 is 1.28 bits per heavy atom. The molecular formula is C13H25N3OS. The number of hydrogen-bond donors (Lipinski definition) is 1. The van der Waals surface area contributed by atoms with Gasteiger partial charge in [-0.05, 0) is 26.8 Å². The average molecular weight is 271 g/mol. The van der Waals surface area contributed by atoms with Crippen LogP contribution in [0.5, 0.6) is 0 Å². The first-order chi connectivity index (χ1) is 8.57. The Morgan fingerprint density at radius 2 is 2.11 bits per heavy atom. The molecule has 104 valence electrons. The fourth-order valence-electron chi connectivity index (χ4n) is 2.64. The van der Waals surface area contributed by atoms with Gasteiger partial charge in [0.15, 0.2) is 0 Å². The molecule has 2 aliphatic rings. The molecule has 1 amide bonds. The summed E-state index contributed by atoms with van der Waals surface area (Å²) >= 11 is 2.01. The Morgan fingerprint density at radius 3 is 2.89 bits per heavy atom. The van der Waals surface area contributed by atoms with Crippen LogP contribution in [-0.2, 0) is 4.79 Å². The summed E-state index contributed by atoms with van der Waals surface area (Å²) in [6, 6.07) is 0. The van der Waals surface area contributed by atoms with Gasteiger partial charge in [-0.2, -0.15) is 11.8 Å². The van der Waals surface area contributed by atoms with Crippen LogP contribution >= 0.6 is 11.8 Å². The van der Waals surface area contributed by atoms with E-state index in [0.29, 0.717) is 17.2 Å². The van der Waals surface area contributed by atoms with E-state index in [9.17, 15) is 4.79 Å². The Labute approximate surface area is 114 Å². The van der Waals surface area contributed by atoms with Crippen LogP contribution in [0.3, 0.4) is 0 Å². The van der Waals surface area contributed by atoms with E-state index in [1.54, 1.807) is 0 Å². The van der Waals surface area contributed by atoms with E-state index in [1.807, 2.05) is 16.7 Å². The van der Waals surface area contributed by atoms with Gasteiger partial charge in [-0.25, -0.2) is 0 Å². The molecule has 2 saturated heterocycles. The van der Waals surface area contributed by atoms with Crippen LogP contribution in [0.25, 0.3) is 0 Å². The molecule has 2 aliphatic heterocycles. The van der Waals surface area contributed by atoms with E-state index in [0.717, 1.165) is 51.4 Å². The largest absolute Gasteiger partial charge is 0.340 e. The third-order valence-electron chi connectivity index (χ3n) is 3.56. The Balaban J connectivity index is 1.82. The van der Waals surface area contributed by atoms with Crippen molar-refractivity contribution in [3.8, 4) is 0 Å². The predicted octanol–water partition coefficient (Wildman–Crippen LogP) is 0.636. The smallest absolute Gasteiger partial charge is 0.236 e. The number of rotatable bonds is 2. The summed E-state index contributed by atoms with van der Waals surface area (Å²) in [5, 5.41) is 3.34. The van der Waals surface area contributed by atoms with Gasteiger partial charge in [0.05, 0.1) is 6.54 Å². The zero-order valence-electron chi connectivity index (χ0n) is 11.6. The topological polar surface area (TPSA) is 35.6 Å². The lowest BCUT2D eigenvalue weighted by atomic mass is 10.2. The highest BCUT2D eigenvalue weighted by atomic mass is 32.2. The molecule has 4 nitrogen and oxygen atoms in total. The molecule has 0 spiro atoms. The molecule has 5 heteroatoms. The lowest BCUT2D eigenvalue weighted by molar-refractivity contribution is -0.132. The maximum absolute atomic E-state index is 12.3. The first kappa shape index (κ1) is 14.2. The first-order valence-corrected chi connectivity index (χ1v) is 7.90. The lowest BCUT2D eigenvalue weighted by Crippen LogP contribution is -2.48. The minimum atomic E-state index is 0.291. The second kappa shape index (κ2) is 6.26. The molecule has 1 N–H and O–H groups in total. The minimum absolute atomic E-state index is 0.291. The summed E-state index contributed by atoms with van der Waals surface area (Å²) in [5.74, 6) is 1.45. The summed E-state index contributed by atoms with van der Waals surface area (Å²) in [6.45, 7) is 11.0. The molecule has 0 unspecified atom stereocenters. The fraction of sp³-hybridized carbons (Fsp3) is 0.923. The van der Waals surface area contributed by atoms with Gasteiger partial charge in [0.1, 0.15) is 0 Å². The van der Waals surface area contributed by atoms with Crippen LogP contribution in [0.15, 0.2) is 0 Å². The lowest BCUT2D eigenvalue weighted by Gasteiger charge is -2.37. The number of carbonyl (C=O) groups excluding carboxylic acids is 1. The van der Waals surface area contributed by atoms with Crippen molar-refractivity contribution in [3.63, 3.8) is 0 Å². The molecule has 0 bridgehead atoms. The molecule has 2 heterocycles. The second-order valence-corrected chi connectivity index (χ2v) is 7.61. The van der Waals surface area contributed by atoms with Crippen LogP contribution in [-0.4, -0.2) is 72.0 Å². The SMILES string of the molecule is CC1(C)CN(CC(=O)N2CCCNCC2)CCS1. The van der Waals surface area contributed by atoms with E-state index in [2.05, 4.69) is 24.1 Å². The van der Waals surface area contributed by atoms with Gasteiger partial charge in [-0.1, -0.05) is 0 Å². The van der Waals surface area contributed by atoms with Crippen molar-refractivity contribution >= 4 is 17.7 Å². The van der Waals surface area contributed by atoms with Crippen LogP contribution in [0.2, 0.25) is 0 Å². The molecule has 0 atom stereocenters. The maximum Gasteiger partial charge on any atom is 0.236 e. The number of thioether (sulfide) groups is 1. The number of hydrogen-bond acceptors (Lipinski definition) is 4. The second-order valence-electron chi connectivity index (χ2n) is 5.80. The van der Waals surface area contributed by atoms with E-state index >= 15 is 0 Å². The number of nitrogens with zero attached hydrogens (tertiary/aromatic N) is 2. The molecule has 0 saturated carbocycles. The summed E-state index contributed by atoms with van der Waals surface area (Å²) in [7, 11) is 0. The van der Waals surface area contributed by atoms with Gasteiger partial charge in [-0.15, -0.1) is 0 Å². The fourth-order valence-corrected chi connectivity index (χ4v) is 3.81. The quantitative estimate of drug-likeness (QED) is 0.799. The highest BCUT2D eigenvalue weighted by molar-refractivity contribution is 8.00. The normalized spacial score (nSPS) is 25.8. The first-order valence-electron chi connectivity index (χ1n) is 6.92. The molecule has 0 aliphatic carbocycles. The van der Waals surface area contributed by atoms with Crippen molar-refractivity contribution in [3.05, 3.63) is 0 Å². The van der Waals surface area contributed by atoms with Gasteiger partial charge in [0, 0.05) is 43.2 Å². The minimum Gasteiger partial charge on any atom is -0.340 e. The van der Waals surface area contributed by atoms with Crippen LogP contribution in [0.1, 0.15) is 20.3 Å². The van der Waals surface area contributed by atoms with Gasteiger partial charge < -0.3 is 10.2 Å². The van der Waals surface area contributed by atoms with Gasteiger partial charge in [0.2, 0.25) is 5.91 Å². The van der Waals surface area contributed by atoms with Crippen molar-refractivity contribution in [1.82, 2.24) is 15.1 Å².